The van der Waals surface area contributed by atoms with Gasteiger partial charge in [0.05, 0.1) is 6.04 Å². The number of rotatable bonds is 5. The fourth-order valence-electron chi connectivity index (χ4n) is 2.72. The van der Waals surface area contributed by atoms with Crippen molar-refractivity contribution < 1.29 is 13.6 Å². The zero-order valence-electron chi connectivity index (χ0n) is 12.0. The van der Waals surface area contributed by atoms with Crippen LogP contribution in [0.15, 0.2) is 43.0 Å². The van der Waals surface area contributed by atoms with Gasteiger partial charge in [-0.15, -0.1) is 6.58 Å². The van der Waals surface area contributed by atoms with Gasteiger partial charge in [-0.3, -0.25) is 4.79 Å². The number of amides is 1. The summed E-state index contributed by atoms with van der Waals surface area (Å²) in [6.45, 7) is 3.71. The summed E-state index contributed by atoms with van der Waals surface area (Å²) in [6, 6.07) is 9.50. The summed E-state index contributed by atoms with van der Waals surface area (Å²) in [5, 5.41) is 2.98. The smallest absolute Gasteiger partial charge is 0.248 e. The monoisotopic (exact) mass is 293 g/mol. The van der Waals surface area contributed by atoms with Crippen molar-refractivity contribution in [3.8, 4) is 0 Å². The van der Waals surface area contributed by atoms with Crippen LogP contribution in [-0.2, 0) is 4.79 Å². The Balaban J connectivity index is 1.97. The summed E-state index contributed by atoms with van der Waals surface area (Å²) in [5.74, 6) is -3.03. The predicted molar refractivity (Wildman–Crippen MR) is 79.0 cm³/mol. The summed E-state index contributed by atoms with van der Waals surface area (Å²) < 4.78 is 26.3. The van der Waals surface area contributed by atoms with Gasteiger partial charge in [-0.1, -0.05) is 36.4 Å². The summed E-state index contributed by atoms with van der Waals surface area (Å²) in [5.41, 5.74) is 1.01. The highest BCUT2D eigenvalue weighted by Gasteiger charge is 2.37. The second-order valence-electron chi connectivity index (χ2n) is 5.63. The minimum Gasteiger partial charge on any atom is -0.349 e. The van der Waals surface area contributed by atoms with Crippen LogP contribution in [0.4, 0.5) is 8.78 Å². The molecule has 1 atom stereocenters. The molecule has 1 saturated carbocycles. The number of nitrogens with one attached hydrogen (secondary N) is 1. The highest BCUT2D eigenvalue weighted by atomic mass is 19.3. The molecule has 0 bridgehead atoms. The summed E-state index contributed by atoms with van der Waals surface area (Å²) in [4.78, 5) is 12.3. The maximum atomic E-state index is 13.1. The van der Waals surface area contributed by atoms with Crippen molar-refractivity contribution in [2.75, 3.05) is 0 Å². The van der Waals surface area contributed by atoms with E-state index in [1.165, 1.54) is 0 Å². The number of halogens is 2. The lowest BCUT2D eigenvalue weighted by Crippen LogP contribution is -2.37. The van der Waals surface area contributed by atoms with E-state index < -0.39 is 5.92 Å². The predicted octanol–water partition coefficient (Wildman–Crippen LogP) is 4.25. The molecule has 0 aromatic heterocycles. The van der Waals surface area contributed by atoms with E-state index in [2.05, 4.69) is 11.9 Å². The summed E-state index contributed by atoms with van der Waals surface area (Å²) in [6.07, 6.45) is 2.51. The zero-order chi connectivity index (χ0) is 15.3. The van der Waals surface area contributed by atoms with Crippen molar-refractivity contribution in [1.82, 2.24) is 5.32 Å². The lowest BCUT2D eigenvalue weighted by molar-refractivity contribution is -0.129. The third-order valence-electron chi connectivity index (χ3n) is 4.01. The zero-order valence-corrected chi connectivity index (χ0v) is 12.0. The first-order valence-electron chi connectivity index (χ1n) is 7.36. The van der Waals surface area contributed by atoms with Gasteiger partial charge < -0.3 is 5.32 Å². The van der Waals surface area contributed by atoms with E-state index in [4.69, 9.17) is 0 Å². The van der Waals surface area contributed by atoms with Gasteiger partial charge in [-0.25, -0.2) is 8.78 Å². The molecule has 1 unspecified atom stereocenters. The Morgan fingerprint density at radius 3 is 2.52 bits per heavy atom. The van der Waals surface area contributed by atoms with E-state index in [-0.39, 0.29) is 43.6 Å². The van der Waals surface area contributed by atoms with Crippen molar-refractivity contribution in [2.24, 2.45) is 5.92 Å². The number of benzene rings is 1. The van der Waals surface area contributed by atoms with Gasteiger partial charge >= 0.3 is 0 Å². The molecule has 1 aliphatic carbocycles. The van der Waals surface area contributed by atoms with Crippen molar-refractivity contribution in [3.05, 3.63) is 48.6 Å². The van der Waals surface area contributed by atoms with Crippen LogP contribution < -0.4 is 5.32 Å². The molecule has 1 N–H and O–H groups in total. The first kappa shape index (κ1) is 15.7. The van der Waals surface area contributed by atoms with E-state index in [9.17, 15) is 13.6 Å². The normalized spacial score (nSPS) is 19.7. The molecule has 0 radical (unpaired) electrons. The molecule has 1 aromatic rings. The van der Waals surface area contributed by atoms with E-state index in [0.717, 1.165) is 5.56 Å². The van der Waals surface area contributed by atoms with Gasteiger partial charge in [0, 0.05) is 18.8 Å². The van der Waals surface area contributed by atoms with Crippen LogP contribution >= 0.6 is 0 Å². The molecule has 0 aliphatic heterocycles. The van der Waals surface area contributed by atoms with Crippen LogP contribution in [-0.4, -0.2) is 11.8 Å². The molecule has 114 valence electrons. The van der Waals surface area contributed by atoms with Gasteiger partial charge in [0.25, 0.3) is 0 Å². The van der Waals surface area contributed by atoms with Gasteiger partial charge in [0.2, 0.25) is 11.8 Å². The standard InChI is InChI=1S/C17H21F2NO/c1-2-6-15(13-7-4-3-5-8-13)20-16(21)14-9-11-17(18,19)12-10-14/h2-5,7-8,14-15H,1,6,9-12H2,(H,20,21). The van der Waals surface area contributed by atoms with Crippen molar-refractivity contribution in [2.45, 2.75) is 44.1 Å². The minimum absolute atomic E-state index is 0.124. The minimum atomic E-state index is -2.60. The Bertz CT molecular complexity index is 477. The Morgan fingerprint density at radius 1 is 1.33 bits per heavy atom. The van der Waals surface area contributed by atoms with Crippen molar-refractivity contribution >= 4 is 5.91 Å². The molecule has 4 heteroatoms. The van der Waals surface area contributed by atoms with Gasteiger partial charge in [0.1, 0.15) is 0 Å². The van der Waals surface area contributed by atoms with Gasteiger partial charge in [-0.05, 0) is 24.8 Å². The van der Waals surface area contributed by atoms with E-state index in [1.54, 1.807) is 6.08 Å². The number of alkyl halides is 2. The number of hydrogen-bond acceptors (Lipinski definition) is 1. The van der Waals surface area contributed by atoms with E-state index in [0.29, 0.717) is 6.42 Å². The Hall–Kier alpha value is -1.71. The van der Waals surface area contributed by atoms with Gasteiger partial charge in [-0.2, -0.15) is 0 Å². The number of carbonyl (C=O) groups excluding carboxylic acids is 1. The van der Waals surface area contributed by atoms with Crippen LogP contribution in [0.5, 0.6) is 0 Å². The SMILES string of the molecule is C=CCC(NC(=O)C1CCC(F)(F)CC1)c1ccccc1. The molecule has 1 amide bonds. The Kier molecular flexibility index (Phi) is 5.10. The lowest BCUT2D eigenvalue weighted by atomic mass is 9.86. The van der Waals surface area contributed by atoms with Crippen LogP contribution in [0.3, 0.4) is 0 Å². The van der Waals surface area contributed by atoms with Crippen LogP contribution in [0.1, 0.15) is 43.7 Å². The molecule has 0 saturated heterocycles. The van der Waals surface area contributed by atoms with E-state index in [1.807, 2.05) is 30.3 Å². The molecular formula is C17H21F2NO. The van der Waals surface area contributed by atoms with Gasteiger partial charge in [0.15, 0.2) is 0 Å². The second-order valence-corrected chi connectivity index (χ2v) is 5.63. The fraction of sp³-hybridized carbons (Fsp3) is 0.471. The molecule has 21 heavy (non-hydrogen) atoms. The number of hydrogen-bond donors (Lipinski definition) is 1. The lowest BCUT2D eigenvalue weighted by Gasteiger charge is -2.29. The molecule has 0 heterocycles. The molecule has 1 fully saturated rings. The molecule has 0 spiro atoms. The average molecular weight is 293 g/mol. The van der Waals surface area contributed by atoms with Crippen LogP contribution in [0, 0.1) is 5.92 Å². The van der Waals surface area contributed by atoms with Crippen molar-refractivity contribution in [3.63, 3.8) is 0 Å². The largest absolute Gasteiger partial charge is 0.349 e. The van der Waals surface area contributed by atoms with Crippen molar-refractivity contribution in [1.29, 1.82) is 0 Å². The fourth-order valence-corrected chi connectivity index (χ4v) is 2.72. The summed E-state index contributed by atoms with van der Waals surface area (Å²) >= 11 is 0. The highest BCUT2D eigenvalue weighted by molar-refractivity contribution is 5.79. The molecule has 2 nitrogen and oxygen atoms in total. The molecule has 1 aromatic carbocycles. The highest BCUT2D eigenvalue weighted by Crippen LogP contribution is 2.36. The van der Waals surface area contributed by atoms with E-state index >= 15 is 0 Å². The molecular weight excluding hydrogens is 272 g/mol. The number of carbonyl (C=O) groups is 1. The Labute approximate surface area is 124 Å². The first-order chi connectivity index (χ1) is 10.0. The first-order valence-corrected chi connectivity index (χ1v) is 7.36. The maximum Gasteiger partial charge on any atom is 0.248 e. The third-order valence-corrected chi connectivity index (χ3v) is 4.01. The third kappa shape index (κ3) is 4.38. The Morgan fingerprint density at radius 2 is 1.95 bits per heavy atom. The topological polar surface area (TPSA) is 29.1 Å². The second kappa shape index (κ2) is 6.83. The maximum absolute atomic E-state index is 13.1. The summed E-state index contributed by atoms with van der Waals surface area (Å²) in [7, 11) is 0. The quantitative estimate of drug-likeness (QED) is 0.808. The van der Waals surface area contributed by atoms with Crippen LogP contribution in [0.25, 0.3) is 0 Å². The molecule has 2 rings (SSSR count). The average Bonchev–Trinajstić information content (AvgIpc) is 2.47. The van der Waals surface area contributed by atoms with Crippen LogP contribution in [0.2, 0.25) is 0 Å². The molecule has 1 aliphatic rings.